The van der Waals surface area contributed by atoms with E-state index in [1.165, 1.54) is 5.56 Å². The Morgan fingerprint density at radius 1 is 1.24 bits per heavy atom. The van der Waals surface area contributed by atoms with Crippen LogP contribution in [0.15, 0.2) is 24.3 Å². The smallest absolute Gasteiger partial charge is 0.238 e. The Morgan fingerprint density at radius 2 is 2.00 bits per heavy atom. The number of benzene rings is 1. The lowest BCUT2D eigenvalue weighted by molar-refractivity contribution is -0.128. The highest BCUT2D eigenvalue weighted by atomic mass is 16.5. The Bertz CT molecular complexity index is 445. The van der Waals surface area contributed by atoms with Crippen molar-refractivity contribution in [2.45, 2.75) is 39.3 Å². The summed E-state index contributed by atoms with van der Waals surface area (Å²) in [6, 6.07) is 8.52. The van der Waals surface area contributed by atoms with E-state index < -0.39 is 0 Å². The van der Waals surface area contributed by atoms with E-state index in [1.54, 1.807) is 0 Å². The van der Waals surface area contributed by atoms with Crippen LogP contribution in [0.25, 0.3) is 0 Å². The molecule has 1 atom stereocenters. The zero-order valence-corrected chi connectivity index (χ0v) is 13.1. The minimum atomic E-state index is 0.00887. The summed E-state index contributed by atoms with van der Waals surface area (Å²) in [4.78, 5) is 14.0. The maximum Gasteiger partial charge on any atom is 0.238 e. The largest absolute Gasteiger partial charge is 0.381 e. The lowest BCUT2D eigenvalue weighted by Crippen LogP contribution is -2.31. The zero-order chi connectivity index (χ0) is 15.1. The van der Waals surface area contributed by atoms with Gasteiger partial charge in [-0.15, -0.1) is 0 Å². The Kier molecular flexibility index (Phi) is 6.21. The van der Waals surface area contributed by atoms with Gasteiger partial charge in [-0.2, -0.15) is 0 Å². The van der Waals surface area contributed by atoms with Crippen molar-refractivity contribution in [3.63, 3.8) is 0 Å². The standard InChI is InChI=1S/C17H26N2O2/c1-3-11-21-12-5-10-19-16(20)13-18-17(19)15-8-6-14(4-2)7-9-15/h6-9,17-18H,3-5,10-13H2,1-2H3. The molecule has 21 heavy (non-hydrogen) atoms. The highest BCUT2D eigenvalue weighted by Crippen LogP contribution is 2.23. The molecule has 1 unspecified atom stereocenters. The number of carbonyl (C=O) groups is 1. The molecule has 1 fully saturated rings. The normalized spacial score (nSPS) is 18.5. The fourth-order valence-corrected chi connectivity index (χ4v) is 2.61. The summed E-state index contributed by atoms with van der Waals surface area (Å²) in [6.07, 6.45) is 2.97. The molecule has 1 aromatic carbocycles. The molecule has 1 N–H and O–H groups in total. The Labute approximate surface area is 127 Å². The van der Waals surface area contributed by atoms with E-state index >= 15 is 0 Å². The first-order valence-corrected chi connectivity index (χ1v) is 7.95. The number of hydrogen-bond acceptors (Lipinski definition) is 3. The van der Waals surface area contributed by atoms with Gasteiger partial charge in [-0.05, 0) is 30.4 Å². The van der Waals surface area contributed by atoms with Gasteiger partial charge in [-0.25, -0.2) is 0 Å². The van der Waals surface area contributed by atoms with Gasteiger partial charge in [0.25, 0.3) is 0 Å². The Hall–Kier alpha value is -1.39. The molecule has 1 aliphatic rings. The van der Waals surface area contributed by atoms with Gasteiger partial charge in [-0.1, -0.05) is 38.1 Å². The molecule has 0 aromatic heterocycles. The number of nitrogens with zero attached hydrogens (tertiary/aromatic N) is 1. The van der Waals surface area contributed by atoms with Crippen molar-refractivity contribution in [1.82, 2.24) is 10.2 Å². The molecule has 0 spiro atoms. The second-order valence-electron chi connectivity index (χ2n) is 5.43. The predicted molar refractivity (Wildman–Crippen MR) is 84.0 cm³/mol. The summed E-state index contributed by atoms with van der Waals surface area (Å²) in [5, 5.41) is 3.30. The number of carbonyl (C=O) groups excluding carboxylic acids is 1. The fourth-order valence-electron chi connectivity index (χ4n) is 2.61. The number of ether oxygens (including phenoxy) is 1. The molecule has 116 valence electrons. The molecule has 1 aliphatic heterocycles. The van der Waals surface area contributed by atoms with Crippen molar-refractivity contribution in [3.8, 4) is 0 Å². The van der Waals surface area contributed by atoms with Gasteiger partial charge in [0.05, 0.1) is 6.54 Å². The number of hydrogen-bond donors (Lipinski definition) is 1. The molecule has 1 heterocycles. The van der Waals surface area contributed by atoms with Crippen LogP contribution in [-0.2, 0) is 16.0 Å². The molecular formula is C17H26N2O2. The molecule has 1 amide bonds. The van der Waals surface area contributed by atoms with Gasteiger partial charge < -0.3 is 9.64 Å². The van der Waals surface area contributed by atoms with Gasteiger partial charge in [0, 0.05) is 19.8 Å². The van der Waals surface area contributed by atoms with Gasteiger partial charge in [-0.3, -0.25) is 10.1 Å². The van der Waals surface area contributed by atoms with E-state index in [2.05, 4.69) is 43.4 Å². The molecular weight excluding hydrogens is 264 g/mol. The molecule has 0 radical (unpaired) electrons. The zero-order valence-electron chi connectivity index (χ0n) is 13.1. The number of nitrogens with one attached hydrogen (secondary N) is 1. The Balaban J connectivity index is 1.92. The van der Waals surface area contributed by atoms with Crippen LogP contribution in [0.2, 0.25) is 0 Å². The maximum atomic E-state index is 12.0. The van der Waals surface area contributed by atoms with E-state index in [1.807, 2.05) is 4.90 Å². The summed E-state index contributed by atoms with van der Waals surface area (Å²) < 4.78 is 5.49. The average Bonchev–Trinajstić information content (AvgIpc) is 2.88. The molecule has 0 saturated carbocycles. The summed E-state index contributed by atoms with van der Waals surface area (Å²) in [5.41, 5.74) is 2.48. The SMILES string of the molecule is CCCOCCCN1C(=O)CNC1c1ccc(CC)cc1. The van der Waals surface area contributed by atoms with Crippen LogP contribution < -0.4 is 5.32 Å². The maximum absolute atomic E-state index is 12.0. The monoisotopic (exact) mass is 290 g/mol. The number of amides is 1. The number of rotatable bonds is 8. The van der Waals surface area contributed by atoms with Crippen molar-refractivity contribution >= 4 is 5.91 Å². The lowest BCUT2D eigenvalue weighted by Gasteiger charge is -2.24. The van der Waals surface area contributed by atoms with E-state index in [0.29, 0.717) is 6.54 Å². The molecule has 4 nitrogen and oxygen atoms in total. The van der Waals surface area contributed by atoms with Crippen LogP contribution in [0.3, 0.4) is 0 Å². The molecule has 2 rings (SSSR count). The topological polar surface area (TPSA) is 41.6 Å². The van der Waals surface area contributed by atoms with Gasteiger partial charge >= 0.3 is 0 Å². The van der Waals surface area contributed by atoms with E-state index in [0.717, 1.165) is 44.6 Å². The van der Waals surface area contributed by atoms with Crippen molar-refractivity contribution in [2.75, 3.05) is 26.3 Å². The second kappa shape index (κ2) is 8.15. The third kappa shape index (κ3) is 4.29. The summed E-state index contributed by atoms with van der Waals surface area (Å²) in [5.74, 6) is 0.176. The molecule has 0 aliphatic carbocycles. The second-order valence-corrected chi connectivity index (χ2v) is 5.43. The minimum Gasteiger partial charge on any atom is -0.381 e. The van der Waals surface area contributed by atoms with Gasteiger partial charge in [0.1, 0.15) is 6.17 Å². The highest BCUT2D eigenvalue weighted by molar-refractivity contribution is 5.80. The average molecular weight is 290 g/mol. The van der Waals surface area contributed by atoms with Gasteiger partial charge in [0.15, 0.2) is 0 Å². The van der Waals surface area contributed by atoms with Crippen molar-refractivity contribution in [1.29, 1.82) is 0 Å². The van der Waals surface area contributed by atoms with Gasteiger partial charge in [0.2, 0.25) is 5.91 Å². The van der Waals surface area contributed by atoms with E-state index in [-0.39, 0.29) is 12.1 Å². The quantitative estimate of drug-likeness (QED) is 0.748. The predicted octanol–water partition coefficient (Wildman–Crippen LogP) is 2.50. The van der Waals surface area contributed by atoms with Crippen LogP contribution in [0, 0.1) is 0 Å². The minimum absolute atomic E-state index is 0.00887. The van der Waals surface area contributed by atoms with E-state index in [4.69, 9.17) is 4.74 Å². The van der Waals surface area contributed by atoms with Crippen LogP contribution in [0.4, 0.5) is 0 Å². The van der Waals surface area contributed by atoms with Crippen LogP contribution >= 0.6 is 0 Å². The molecule has 0 bridgehead atoms. The van der Waals surface area contributed by atoms with E-state index in [9.17, 15) is 4.79 Å². The molecule has 1 aromatic rings. The van der Waals surface area contributed by atoms with Crippen LogP contribution in [0.1, 0.15) is 44.0 Å². The highest BCUT2D eigenvalue weighted by Gasteiger charge is 2.30. The molecule has 1 saturated heterocycles. The first-order valence-electron chi connectivity index (χ1n) is 7.95. The fraction of sp³-hybridized carbons (Fsp3) is 0.588. The van der Waals surface area contributed by atoms with Crippen LogP contribution in [0.5, 0.6) is 0 Å². The lowest BCUT2D eigenvalue weighted by atomic mass is 10.1. The van der Waals surface area contributed by atoms with Crippen molar-refractivity contribution in [2.24, 2.45) is 0 Å². The third-order valence-corrected chi connectivity index (χ3v) is 3.82. The first kappa shape index (κ1) is 16.0. The van der Waals surface area contributed by atoms with Crippen molar-refractivity contribution < 1.29 is 9.53 Å². The summed E-state index contributed by atoms with van der Waals surface area (Å²) in [6.45, 7) is 6.94. The van der Waals surface area contributed by atoms with Crippen molar-refractivity contribution in [3.05, 3.63) is 35.4 Å². The Morgan fingerprint density at radius 3 is 2.67 bits per heavy atom. The van der Waals surface area contributed by atoms with Crippen LogP contribution in [-0.4, -0.2) is 37.1 Å². The third-order valence-electron chi connectivity index (χ3n) is 3.82. The molecule has 4 heteroatoms. The first-order chi connectivity index (χ1) is 10.3. The summed E-state index contributed by atoms with van der Waals surface area (Å²) in [7, 11) is 0. The summed E-state index contributed by atoms with van der Waals surface area (Å²) >= 11 is 0. The number of aryl methyl sites for hydroxylation is 1.